The van der Waals surface area contributed by atoms with E-state index in [1.165, 1.54) is 0 Å². The van der Waals surface area contributed by atoms with E-state index in [0.29, 0.717) is 24.6 Å². The van der Waals surface area contributed by atoms with Gasteiger partial charge in [0.05, 0.1) is 11.5 Å². The molecule has 7 heteroatoms. The van der Waals surface area contributed by atoms with Gasteiger partial charge in [0, 0.05) is 18.2 Å². The molecule has 0 bridgehead atoms. The molecule has 1 atom stereocenters. The Labute approximate surface area is 111 Å². The molecule has 1 amide bonds. The van der Waals surface area contributed by atoms with E-state index in [-0.39, 0.29) is 23.3 Å². The topological polar surface area (TPSA) is 91.9 Å². The van der Waals surface area contributed by atoms with Gasteiger partial charge in [0.2, 0.25) is 0 Å². The molecule has 2 heterocycles. The van der Waals surface area contributed by atoms with Crippen LogP contribution in [-0.2, 0) is 9.84 Å². The number of sulfone groups is 1. The highest BCUT2D eigenvalue weighted by Gasteiger charge is 2.29. The zero-order valence-electron chi connectivity index (χ0n) is 10.6. The zero-order valence-corrected chi connectivity index (χ0v) is 11.4. The molecule has 104 valence electrons. The summed E-state index contributed by atoms with van der Waals surface area (Å²) in [6.07, 6.45) is 2.95. The fourth-order valence-electron chi connectivity index (χ4n) is 2.42. The van der Waals surface area contributed by atoms with Crippen LogP contribution in [0.25, 0.3) is 0 Å². The van der Waals surface area contributed by atoms with Gasteiger partial charge in [-0.2, -0.15) is 5.10 Å². The fourth-order valence-corrected chi connectivity index (χ4v) is 4.28. The van der Waals surface area contributed by atoms with Gasteiger partial charge in [0.15, 0.2) is 9.84 Å². The lowest BCUT2D eigenvalue weighted by Gasteiger charge is -2.07. The first kappa shape index (κ1) is 12.7. The first-order chi connectivity index (χ1) is 9.03. The highest BCUT2D eigenvalue weighted by molar-refractivity contribution is 7.91. The summed E-state index contributed by atoms with van der Waals surface area (Å²) in [5.74, 6) is 0.764. The first-order valence-electron chi connectivity index (χ1n) is 6.57. The number of H-pyrrole nitrogens is 1. The van der Waals surface area contributed by atoms with Crippen molar-refractivity contribution in [2.45, 2.75) is 25.2 Å². The summed E-state index contributed by atoms with van der Waals surface area (Å²) in [6, 6.07) is 1.79. The van der Waals surface area contributed by atoms with Crippen molar-refractivity contribution in [3.05, 3.63) is 17.5 Å². The predicted molar refractivity (Wildman–Crippen MR) is 69.7 cm³/mol. The average molecular weight is 283 g/mol. The van der Waals surface area contributed by atoms with Gasteiger partial charge in [-0.1, -0.05) is 0 Å². The Balaban J connectivity index is 1.53. The average Bonchev–Trinajstić information content (AvgIpc) is 2.98. The Kier molecular flexibility index (Phi) is 3.08. The second-order valence-corrected chi connectivity index (χ2v) is 7.69. The minimum Gasteiger partial charge on any atom is -0.350 e. The molecule has 1 aromatic heterocycles. The van der Waals surface area contributed by atoms with Gasteiger partial charge in [-0.15, -0.1) is 0 Å². The number of carbonyl (C=O) groups is 1. The zero-order chi connectivity index (χ0) is 13.5. The lowest BCUT2D eigenvalue weighted by Crippen LogP contribution is -2.30. The number of nitrogens with one attached hydrogen (secondary N) is 2. The number of aromatic amines is 1. The number of aromatic nitrogens is 2. The van der Waals surface area contributed by atoms with E-state index in [1.54, 1.807) is 6.07 Å². The molecule has 3 rings (SSSR count). The number of hydrogen-bond donors (Lipinski definition) is 2. The lowest BCUT2D eigenvalue weighted by atomic mass is 10.1. The third-order valence-electron chi connectivity index (χ3n) is 3.73. The maximum absolute atomic E-state index is 11.9. The largest absolute Gasteiger partial charge is 0.350 e. The van der Waals surface area contributed by atoms with Crippen molar-refractivity contribution in [3.8, 4) is 0 Å². The van der Waals surface area contributed by atoms with Crippen molar-refractivity contribution in [2.24, 2.45) is 5.92 Å². The highest BCUT2D eigenvalue weighted by atomic mass is 32.2. The van der Waals surface area contributed by atoms with Gasteiger partial charge in [0.25, 0.3) is 5.91 Å². The monoisotopic (exact) mass is 283 g/mol. The molecule has 0 aromatic carbocycles. The third kappa shape index (κ3) is 2.97. The molecule has 1 aromatic rings. The molecule has 1 saturated carbocycles. The van der Waals surface area contributed by atoms with E-state index in [9.17, 15) is 13.2 Å². The molecule has 1 saturated heterocycles. The number of amides is 1. The molecule has 1 unspecified atom stereocenters. The van der Waals surface area contributed by atoms with Crippen LogP contribution in [0.15, 0.2) is 6.07 Å². The van der Waals surface area contributed by atoms with Crippen molar-refractivity contribution in [1.29, 1.82) is 0 Å². The van der Waals surface area contributed by atoms with Crippen molar-refractivity contribution in [1.82, 2.24) is 15.5 Å². The molecule has 6 nitrogen and oxygen atoms in total. The van der Waals surface area contributed by atoms with Crippen molar-refractivity contribution in [2.75, 3.05) is 18.1 Å². The Morgan fingerprint density at radius 1 is 1.42 bits per heavy atom. The van der Waals surface area contributed by atoms with E-state index in [4.69, 9.17) is 0 Å². The van der Waals surface area contributed by atoms with E-state index in [2.05, 4.69) is 15.5 Å². The number of nitrogens with zero attached hydrogens (tertiary/aromatic N) is 1. The summed E-state index contributed by atoms with van der Waals surface area (Å²) in [5.41, 5.74) is 1.41. The summed E-state index contributed by atoms with van der Waals surface area (Å²) < 4.78 is 22.6. The summed E-state index contributed by atoms with van der Waals surface area (Å²) in [6.45, 7) is 0.406. The molecule has 1 aliphatic carbocycles. The van der Waals surface area contributed by atoms with Crippen LogP contribution < -0.4 is 5.32 Å². The summed E-state index contributed by atoms with van der Waals surface area (Å²) in [4.78, 5) is 11.9. The molecule has 1 aliphatic heterocycles. The van der Waals surface area contributed by atoms with Crippen LogP contribution in [0, 0.1) is 5.92 Å². The molecule has 19 heavy (non-hydrogen) atoms. The van der Waals surface area contributed by atoms with E-state index >= 15 is 0 Å². The maximum atomic E-state index is 11.9. The second-order valence-electron chi connectivity index (χ2n) is 5.46. The molecular weight excluding hydrogens is 266 g/mol. The van der Waals surface area contributed by atoms with E-state index in [1.807, 2.05) is 0 Å². The van der Waals surface area contributed by atoms with Gasteiger partial charge < -0.3 is 5.32 Å². The first-order valence-corrected chi connectivity index (χ1v) is 8.39. The van der Waals surface area contributed by atoms with Crippen LogP contribution in [-0.4, -0.2) is 42.6 Å². The van der Waals surface area contributed by atoms with Crippen LogP contribution in [0.2, 0.25) is 0 Å². The summed E-state index contributed by atoms with van der Waals surface area (Å²) >= 11 is 0. The molecular formula is C12H17N3O3S. The van der Waals surface area contributed by atoms with Crippen LogP contribution in [0.3, 0.4) is 0 Å². The maximum Gasteiger partial charge on any atom is 0.271 e. The second kappa shape index (κ2) is 4.63. The van der Waals surface area contributed by atoms with E-state index < -0.39 is 9.84 Å². The Bertz CT molecular complexity index is 589. The minimum atomic E-state index is -2.88. The van der Waals surface area contributed by atoms with Crippen LogP contribution in [0.4, 0.5) is 0 Å². The molecule has 0 radical (unpaired) electrons. The van der Waals surface area contributed by atoms with Crippen molar-refractivity contribution < 1.29 is 13.2 Å². The molecule has 0 spiro atoms. The SMILES string of the molecule is O=C(NCC1CCS(=O)(=O)C1)c1cc(C2CC2)[nH]n1. The fraction of sp³-hybridized carbons (Fsp3) is 0.667. The quantitative estimate of drug-likeness (QED) is 0.839. The third-order valence-corrected chi connectivity index (χ3v) is 5.56. The number of carbonyl (C=O) groups excluding carboxylic acids is 1. The van der Waals surface area contributed by atoms with Gasteiger partial charge in [-0.25, -0.2) is 8.42 Å². The molecule has 2 aliphatic rings. The van der Waals surface area contributed by atoms with Gasteiger partial charge >= 0.3 is 0 Å². The predicted octanol–water partition coefficient (Wildman–Crippen LogP) is 0.452. The van der Waals surface area contributed by atoms with Crippen LogP contribution >= 0.6 is 0 Å². The highest BCUT2D eigenvalue weighted by Crippen LogP contribution is 2.38. The lowest BCUT2D eigenvalue weighted by molar-refractivity contribution is 0.0943. The summed E-state index contributed by atoms with van der Waals surface area (Å²) in [7, 11) is -2.88. The number of hydrogen-bond acceptors (Lipinski definition) is 4. The normalized spacial score (nSPS) is 25.4. The van der Waals surface area contributed by atoms with Gasteiger partial charge in [-0.3, -0.25) is 9.89 Å². The number of rotatable bonds is 4. The van der Waals surface area contributed by atoms with Crippen LogP contribution in [0.5, 0.6) is 0 Å². The molecule has 2 N–H and O–H groups in total. The minimum absolute atomic E-state index is 0.0378. The Morgan fingerprint density at radius 2 is 2.21 bits per heavy atom. The standard InChI is InChI=1S/C12H17N3O3S/c16-12(11-5-10(14-15-11)9-1-2-9)13-6-8-3-4-19(17,18)7-8/h5,8-9H,1-4,6-7H2,(H,13,16)(H,14,15). The Hall–Kier alpha value is -1.37. The van der Waals surface area contributed by atoms with Gasteiger partial charge in [0.1, 0.15) is 5.69 Å². The van der Waals surface area contributed by atoms with E-state index in [0.717, 1.165) is 18.5 Å². The summed E-state index contributed by atoms with van der Waals surface area (Å²) in [5, 5.41) is 9.64. The smallest absolute Gasteiger partial charge is 0.271 e. The van der Waals surface area contributed by atoms with Crippen LogP contribution in [0.1, 0.15) is 41.4 Å². The molecule has 2 fully saturated rings. The van der Waals surface area contributed by atoms with Crippen molar-refractivity contribution in [3.63, 3.8) is 0 Å². The van der Waals surface area contributed by atoms with Crippen molar-refractivity contribution >= 4 is 15.7 Å². The van der Waals surface area contributed by atoms with Gasteiger partial charge in [-0.05, 0) is 31.2 Å². The Morgan fingerprint density at radius 3 is 2.84 bits per heavy atom.